The van der Waals surface area contributed by atoms with Crippen LogP contribution in [0.5, 0.6) is 5.75 Å². The number of nitrogens with two attached hydrogens (primary N) is 1. The van der Waals surface area contributed by atoms with E-state index in [0.29, 0.717) is 30.2 Å². The van der Waals surface area contributed by atoms with Crippen molar-refractivity contribution in [3.05, 3.63) is 65.2 Å². The van der Waals surface area contributed by atoms with Crippen LogP contribution in [-0.2, 0) is 4.79 Å². The van der Waals surface area contributed by atoms with Crippen molar-refractivity contribution in [1.82, 2.24) is 4.90 Å². The van der Waals surface area contributed by atoms with Gasteiger partial charge in [-0.05, 0) is 79.3 Å². The van der Waals surface area contributed by atoms with Crippen molar-refractivity contribution in [3.8, 4) is 5.75 Å². The highest BCUT2D eigenvalue weighted by Crippen LogP contribution is 2.40. The first-order valence-electron chi connectivity index (χ1n) is 13.1. The first-order valence-corrected chi connectivity index (χ1v) is 13.1. The molecule has 6 nitrogen and oxygen atoms in total. The van der Waals surface area contributed by atoms with Crippen molar-refractivity contribution in [2.45, 2.75) is 77.9 Å². The van der Waals surface area contributed by atoms with E-state index in [1.165, 1.54) is 18.4 Å². The maximum atomic E-state index is 12.8. The molecule has 2 amide bonds. The molecule has 192 valence electrons. The summed E-state index contributed by atoms with van der Waals surface area (Å²) in [5.41, 5.74) is 9.88. The van der Waals surface area contributed by atoms with Crippen LogP contribution in [-0.4, -0.2) is 41.6 Å². The Bertz CT molecular complexity index is 1090. The van der Waals surface area contributed by atoms with Crippen LogP contribution in [0.25, 0.3) is 0 Å². The Balaban J connectivity index is 1.38. The number of benzene rings is 2. The van der Waals surface area contributed by atoms with E-state index < -0.39 is 0 Å². The lowest BCUT2D eigenvalue weighted by Crippen LogP contribution is -2.41. The fourth-order valence-electron chi connectivity index (χ4n) is 4.61. The molecule has 6 heteroatoms. The molecule has 2 N–H and O–H groups in total. The molecule has 2 fully saturated rings. The minimum Gasteiger partial charge on any atom is -0.484 e. The maximum Gasteiger partial charge on any atom is 0.276 e. The Morgan fingerprint density at radius 1 is 1.08 bits per heavy atom. The average molecular weight is 490 g/mol. The number of hydrogen-bond donors (Lipinski definition) is 1. The number of likely N-dealkylation sites (tertiary alicyclic amines) is 1. The summed E-state index contributed by atoms with van der Waals surface area (Å²) in [4.78, 5) is 31.6. The van der Waals surface area contributed by atoms with Crippen LogP contribution in [0.3, 0.4) is 0 Å². The molecular formula is C30H39N3O3. The SMILES string of the molecule is CC(N)[C@H](Oc1ccc(C(=O)/N=C2\CCCN(C(=O)CC(C)(C)C)C2)cc1)c1ccc(C2CC2)cc1. The van der Waals surface area contributed by atoms with Crippen molar-refractivity contribution in [1.29, 1.82) is 0 Å². The molecule has 1 heterocycles. The van der Waals surface area contributed by atoms with Gasteiger partial charge in [-0.25, -0.2) is 4.99 Å². The Morgan fingerprint density at radius 3 is 2.33 bits per heavy atom. The van der Waals surface area contributed by atoms with E-state index in [4.69, 9.17) is 10.5 Å². The number of aliphatic imine (C=N–C) groups is 1. The molecule has 0 spiro atoms. The normalized spacial score (nSPS) is 19.1. The third-order valence-corrected chi connectivity index (χ3v) is 6.72. The second-order valence-corrected chi connectivity index (χ2v) is 11.5. The van der Waals surface area contributed by atoms with Gasteiger partial charge >= 0.3 is 0 Å². The molecule has 1 saturated heterocycles. The number of ether oxygens (including phenoxy) is 1. The van der Waals surface area contributed by atoms with Crippen LogP contribution >= 0.6 is 0 Å². The summed E-state index contributed by atoms with van der Waals surface area (Å²) in [5, 5.41) is 0. The third kappa shape index (κ3) is 7.03. The maximum absolute atomic E-state index is 12.8. The third-order valence-electron chi connectivity index (χ3n) is 6.72. The van der Waals surface area contributed by atoms with Crippen LogP contribution in [0.15, 0.2) is 53.5 Å². The fraction of sp³-hybridized carbons (Fsp3) is 0.500. The first-order chi connectivity index (χ1) is 17.1. The molecule has 1 aliphatic heterocycles. The van der Waals surface area contributed by atoms with Crippen LogP contribution in [0.4, 0.5) is 0 Å². The van der Waals surface area contributed by atoms with Gasteiger partial charge in [0.1, 0.15) is 11.9 Å². The van der Waals surface area contributed by atoms with Gasteiger partial charge in [-0.2, -0.15) is 0 Å². The number of piperidine rings is 1. The van der Waals surface area contributed by atoms with E-state index in [1.807, 2.05) is 11.8 Å². The number of amides is 2. The van der Waals surface area contributed by atoms with Gasteiger partial charge in [-0.15, -0.1) is 0 Å². The monoisotopic (exact) mass is 489 g/mol. The molecule has 2 aromatic rings. The quantitative estimate of drug-likeness (QED) is 0.543. The Labute approximate surface area is 214 Å². The molecule has 4 rings (SSSR count). The van der Waals surface area contributed by atoms with Gasteiger partial charge in [0.05, 0.1) is 6.54 Å². The largest absolute Gasteiger partial charge is 0.484 e. The summed E-state index contributed by atoms with van der Waals surface area (Å²) in [5.74, 6) is 1.20. The lowest BCUT2D eigenvalue weighted by molar-refractivity contribution is -0.132. The van der Waals surface area contributed by atoms with Crippen molar-refractivity contribution >= 4 is 17.5 Å². The molecule has 0 bridgehead atoms. The topological polar surface area (TPSA) is 85.0 Å². The number of carbonyl (C=O) groups is 2. The molecule has 0 radical (unpaired) electrons. The average Bonchev–Trinajstić information content (AvgIpc) is 3.68. The van der Waals surface area contributed by atoms with Crippen molar-refractivity contribution in [2.24, 2.45) is 16.1 Å². The van der Waals surface area contributed by atoms with E-state index in [0.717, 1.165) is 30.7 Å². The number of rotatable bonds is 7. The Morgan fingerprint density at radius 2 is 1.75 bits per heavy atom. The summed E-state index contributed by atoms with van der Waals surface area (Å²) in [6.45, 7) is 9.26. The Hall–Kier alpha value is -2.99. The molecule has 36 heavy (non-hydrogen) atoms. The van der Waals surface area contributed by atoms with Crippen molar-refractivity contribution in [3.63, 3.8) is 0 Å². The van der Waals surface area contributed by atoms with E-state index in [-0.39, 0.29) is 29.4 Å². The number of carbonyl (C=O) groups excluding carboxylic acids is 2. The molecule has 1 saturated carbocycles. The summed E-state index contributed by atoms with van der Waals surface area (Å²) >= 11 is 0. The van der Waals surface area contributed by atoms with E-state index in [2.05, 4.69) is 50.0 Å². The zero-order valence-electron chi connectivity index (χ0n) is 22.0. The fourth-order valence-corrected chi connectivity index (χ4v) is 4.61. The zero-order valence-corrected chi connectivity index (χ0v) is 22.0. The van der Waals surface area contributed by atoms with Crippen LogP contribution in [0, 0.1) is 5.41 Å². The minimum atomic E-state index is -0.291. The van der Waals surface area contributed by atoms with Gasteiger partial charge < -0.3 is 15.4 Å². The molecule has 1 unspecified atom stereocenters. The zero-order chi connectivity index (χ0) is 25.9. The van der Waals surface area contributed by atoms with E-state index >= 15 is 0 Å². The number of hydrogen-bond acceptors (Lipinski definition) is 4. The lowest BCUT2D eigenvalue weighted by atomic mass is 9.91. The van der Waals surface area contributed by atoms with Gasteiger partial charge in [0, 0.05) is 30.3 Å². The van der Waals surface area contributed by atoms with Crippen molar-refractivity contribution < 1.29 is 14.3 Å². The second-order valence-electron chi connectivity index (χ2n) is 11.5. The van der Waals surface area contributed by atoms with Crippen LogP contribution < -0.4 is 10.5 Å². The van der Waals surface area contributed by atoms with E-state index in [9.17, 15) is 9.59 Å². The smallest absolute Gasteiger partial charge is 0.276 e. The summed E-state index contributed by atoms with van der Waals surface area (Å²) in [6.07, 6.45) is 4.33. The summed E-state index contributed by atoms with van der Waals surface area (Å²) in [6, 6.07) is 15.4. The predicted molar refractivity (Wildman–Crippen MR) is 144 cm³/mol. The van der Waals surface area contributed by atoms with Crippen LogP contribution in [0.1, 0.15) is 93.3 Å². The van der Waals surface area contributed by atoms with Gasteiger partial charge in [0.2, 0.25) is 5.91 Å². The first kappa shape index (κ1) is 26.1. The molecule has 0 aromatic heterocycles. The Kier molecular flexibility index (Phi) is 7.94. The molecular weight excluding hydrogens is 450 g/mol. The van der Waals surface area contributed by atoms with Crippen LogP contribution in [0.2, 0.25) is 0 Å². The highest BCUT2D eigenvalue weighted by Gasteiger charge is 2.26. The standard InChI is InChI=1S/C30H39N3O3/c1-20(31)28(23-11-9-22(10-12-23)21-7-8-21)36-26-15-13-24(14-16-26)29(35)32-25-6-5-17-33(19-25)27(34)18-30(2,3)4/h9-16,20-21,28H,5-8,17-19,31H2,1-4H3/b32-25+/t20?,28-/m0/s1. The van der Waals surface area contributed by atoms with Gasteiger partial charge in [-0.1, -0.05) is 45.0 Å². The molecule has 2 atom stereocenters. The summed E-state index contributed by atoms with van der Waals surface area (Å²) < 4.78 is 6.23. The molecule has 1 aliphatic carbocycles. The minimum absolute atomic E-state index is 0.0633. The van der Waals surface area contributed by atoms with Gasteiger partial charge in [-0.3, -0.25) is 9.59 Å². The molecule has 2 aliphatic rings. The predicted octanol–water partition coefficient (Wildman–Crippen LogP) is 5.67. The lowest BCUT2D eigenvalue weighted by Gasteiger charge is -2.30. The van der Waals surface area contributed by atoms with Gasteiger partial charge in [0.15, 0.2) is 0 Å². The van der Waals surface area contributed by atoms with Crippen molar-refractivity contribution in [2.75, 3.05) is 13.1 Å². The summed E-state index contributed by atoms with van der Waals surface area (Å²) in [7, 11) is 0. The van der Waals surface area contributed by atoms with Gasteiger partial charge in [0.25, 0.3) is 5.91 Å². The number of nitrogens with zero attached hydrogens (tertiary/aromatic N) is 2. The molecule has 2 aromatic carbocycles. The second kappa shape index (κ2) is 11.0. The van der Waals surface area contributed by atoms with E-state index in [1.54, 1.807) is 24.3 Å². The highest BCUT2D eigenvalue weighted by molar-refractivity contribution is 6.05. The highest BCUT2D eigenvalue weighted by atomic mass is 16.5.